The lowest BCUT2D eigenvalue weighted by molar-refractivity contribution is 0.0593. The summed E-state index contributed by atoms with van der Waals surface area (Å²) in [6.45, 7) is 6.63. The maximum atomic E-state index is 12.7. The Balaban J connectivity index is 2.31. The summed E-state index contributed by atoms with van der Waals surface area (Å²) >= 11 is 0. The van der Waals surface area contributed by atoms with Gasteiger partial charge in [-0.2, -0.15) is 0 Å². The van der Waals surface area contributed by atoms with Crippen molar-refractivity contribution in [1.82, 2.24) is 4.90 Å². The van der Waals surface area contributed by atoms with Gasteiger partial charge >= 0.3 is 0 Å². The largest absolute Gasteiger partial charge is 0.332 e. The van der Waals surface area contributed by atoms with E-state index in [1.165, 1.54) is 0 Å². The Morgan fingerprint density at radius 1 is 1.37 bits per heavy atom. The zero-order valence-corrected chi connectivity index (χ0v) is 12.6. The SMILES string of the molecule is CCc1ccccc1C(=O)N1CC[S@@](=O)CC1(C)C. The number of hydrogen-bond donors (Lipinski definition) is 0. The summed E-state index contributed by atoms with van der Waals surface area (Å²) in [5.41, 5.74) is 1.53. The third kappa shape index (κ3) is 2.89. The van der Waals surface area contributed by atoms with Crippen molar-refractivity contribution in [3.8, 4) is 0 Å². The van der Waals surface area contributed by atoms with Gasteiger partial charge in [0.2, 0.25) is 0 Å². The standard InChI is InChI=1S/C15H21NO2S/c1-4-12-7-5-6-8-13(12)14(17)16-9-10-19(18)11-15(16,2)3/h5-8H,4,9-11H2,1-3H3/t19-/m1/s1. The second-order valence-electron chi connectivity index (χ2n) is 5.57. The molecule has 1 saturated heterocycles. The lowest BCUT2D eigenvalue weighted by Gasteiger charge is -2.42. The molecule has 0 radical (unpaired) electrons. The zero-order valence-electron chi connectivity index (χ0n) is 11.8. The fourth-order valence-corrected chi connectivity index (χ4v) is 4.07. The van der Waals surface area contributed by atoms with Crippen LogP contribution in [0.4, 0.5) is 0 Å². The van der Waals surface area contributed by atoms with Gasteiger partial charge in [-0.3, -0.25) is 9.00 Å². The van der Waals surface area contributed by atoms with Crippen LogP contribution in [0.5, 0.6) is 0 Å². The number of amides is 1. The monoisotopic (exact) mass is 279 g/mol. The van der Waals surface area contributed by atoms with E-state index in [0.717, 1.165) is 17.5 Å². The molecule has 1 aliphatic heterocycles. The van der Waals surface area contributed by atoms with Gasteiger partial charge in [0.25, 0.3) is 5.91 Å². The van der Waals surface area contributed by atoms with E-state index in [9.17, 15) is 9.00 Å². The zero-order chi connectivity index (χ0) is 14.0. The molecule has 1 aromatic carbocycles. The summed E-state index contributed by atoms with van der Waals surface area (Å²) in [5.74, 6) is 1.22. The molecule has 0 saturated carbocycles. The van der Waals surface area contributed by atoms with Crippen LogP contribution in [-0.4, -0.2) is 38.6 Å². The molecule has 0 N–H and O–H groups in total. The molecule has 3 nitrogen and oxygen atoms in total. The van der Waals surface area contributed by atoms with E-state index in [1.54, 1.807) is 0 Å². The third-order valence-corrected chi connectivity index (χ3v) is 5.33. The highest BCUT2D eigenvalue weighted by Crippen LogP contribution is 2.24. The molecule has 1 amide bonds. The first-order valence-corrected chi connectivity index (χ1v) is 8.19. The second-order valence-corrected chi connectivity index (χ2v) is 7.14. The van der Waals surface area contributed by atoms with Gasteiger partial charge in [-0.15, -0.1) is 0 Å². The highest BCUT2D eigenvalue weighted by atomic mass is 32.2. The third-order valence-electron chi connectivity index (χ3n) is 3.66. The molecule has 0 aliphatic carbocycles. The van der Waals surface area contributed by atoms with Crippen LogP contribution in [0.3, 0.4) is 0 Å². The second kappa shape index (κ2) is 5.45. The molecule has 1 heterocycles. The predicted octanol–water partition coefficient (Wildman–Crippen LogP) is 2.23. The van der Waals surface area contributed by atoms with Gasteiger partial charge in [0.05, 0.1) is 0 Å². The van der Waals surface area contributed by atoms with Gasteiger partial charge in [0, 0.05) is 40.0 Å². The number of benzene rings is 1. The van der Waals surface area contributed by atoms with Crippen molar-refractivity contribution in [3.63, 3.8) is 0 Å². The summed E-state index contributed by atoms with van der Waals surface area (Å²) in [6.07, 6.45) is 0.849. The van der Waals surface area contributed by atoms with Crippen molar-refractivity contribution in [3.05, 3.63) is 35.4 Å². The van der Waals surface area contributed by atoms with Crippen molar-refractivity contribution in [2.75, 3.05) is 18.1 Å². The van der Waals surface area contributed by atoms with Crippen molar-refractivity contribution in [2.24, 2.45) is 0 Å². The first-order valence-electron chi connectivity index (χ1n) is 6.70. The van der Waals surface area contributed by atoms with Gasteiger partial charge in [-0.25, -0.2) is 0 Å². The number of hydrogen-bond acceptors (Lipinski definition) is 2. The van der Waals surface area contributed by atoms with Crippen molar-refractivity contribution >= 4 is 16.7 Å². The lowest BCUT2D eigenvalue weighted by Crippen LogP contribution is -2.56. The molecule has 1 atom stereocenters. The minimum absolute atomic E-state index is 0.0687. The number of carbonyl (C=O) groups is 1. The Morgan fingerprint density at radius 3 is 2.68 bits per heavy atom. The molecule has 19 heavy (non-hydrogen) atoms. The van der Waals surface area contributed by atoms with E-state index in [2.05, 4.69) is 6.92 Å². The van der Waals surface area contributed by atoms with Gasteiger partial charge in [0.15, 0.2) is 0 Å². The van der Waals surface area contributed by atoms with E-state index >= 15 is 0 Å². The normalized spacial score (nSPS) is 22.3. The summed E-state index contributed by atoms with van der Waals surface area (Å²) < 4.78 is 11.7. The fraction of sp³-hybridized carbons (Fsp3) is 0.533. The molecule has 0 spiro atoms. The Morgan fingerprint density at radius 2 is 2.05 bits per heavy atom. The Hall–Kier alpha value is -1.16. The van der Waals surface area contributed by atoms with E-state index in [0.29, 0.717) is 18.1 Å². The lowest BCUT2D eigenvalue weighted by atomic mass is 10.00. The van der Waals surface area contributed by atoms with Crippen LogP contribution >= 0.6 is 0 Å². The minimum atomic E-state index is -0.804. The molecule has 0 bridgehead atoms. The molecule has 1 aromatic rings. The van der Waals surface area contributed by atoms with Gasteiger partial charge < -0.3 is 4.90 Å². The van der Waals surface area contributed by atoms with Gasteiger partial charge in [-0.05, 0) is 31.9 Å². The van der Waals surface area contributed by atoms with Crippen LogP contribution in [0.25, 0.3) is 0 Å². The number of rotatable bonds is 2. The molecular formula is C15H21NO2S. The fourth-order valence-electron chi connectivity index (χ4n) is 2.60. The molecule has 0 unspecified atom stereocenters. The molecule has 4 heteroatoms. The van der Waals surface area contributed by atoms with Crippen molar-refractivity contribution in [1.29, 1.82) is 0 Å². The Kier molecular flexibility index (Phi) is 4.09. The molecule has 1 aliphatic rings. The maximum Gasteiger partial charge on any atom is 0.254 e. The minimum Gasteiger partial charge on any atom is -0.332 e. The van der Waals surface area contributed by atoms with Gasteiger partial charge in [0.1, 0.15) is 0 Å². The molecule has 2 rings (SSSR count). The maximum absolute atomic E-state index is 12.7. The summed E-state index contributed by atoms with van der Waals surface area (Å²) in [4.78, 5) is 14.6. The van der Waals surface area contributed by atoms with Crippen LogP contribution in [0.2, 0.25) is 0 Å². The van der Waals surface area contributed by atoms with Crippen LogP contribution < -0.4 is 0 Å². The van der Waals surface area contributed by atoms with Crippen LogP contribution in [0.1, 0.15) is 36.7 Å². The van der Waals surface area contributed by atoms with Crippen molar-refractivity contribution < 1.29 is 9.00 Å². The molecule has 0 aromatic heterocycles. The van der Waals surface area contributed by atoms with Crippen molar-refractivity contribution in [2.45, 2.75) is 32.7 Å². The predicted molar refractivity (Wildman–Crippen MR) is 78.8 cm³/mol. The number of carbonyl (C=O) groups excluding carboxylic acids is 1. The first-order chi connectivity index (χ1) is 8.95. The molecule has 104 valence electrons. The quantitative estimate of drug-likeness (QED) is 0.832. The molecular weight excluding hydrogens is 258 g/mol. The Labute approximate surface area is 117 Å². The Bertz CT molecular complexity index is 511. The average Bonchev–Trinajstić information content (AvgIpc) is 2.37. The summed E-state index contributed by atoms with van der Waals surface area (Å²) in [6, 6.07) is 7.76. The topological polar surface area (TPSA) is 37.4 Å². The van der Waals surface area contributed by atoms with E-state index in [1.807, 2.05) is 43.0 Å². The highest BCUT2D eigenvalue weighted by Gasteiger charge is 2.37. The summed E-state index contributed by atoms with van der Waals surface area (Å²) in [7, 11) is -0.804. The van der Waals surface area contributed by atoms with Gasteiger partial charge in [-0.1, -0.05) is 25.1 Å². The van der Waals surface area contributed by atoms with E-state index < -0.39 is 10.8 Å². The van der Waals surface area contributed by atoms with Crippen LogP contribution in [-0.2, 0) is 17.2 Å². The first kappa shape index (κ1) is 14.3. The number of nitrogens with zero attached hydrogens (tertiary/aromatic N) is 1. The van der Waals surface area contributed by atoms with Crippen LogP contribution in [0.15, 0.2) is 24.3 Å². The van der Waals surface area contributed by atoms with Crippen LogP contribution in [0, 0.1) is 0 Å². The van der Waals surface area contributed by atoms with E-state index in [-0.39, 0.29) is 11.4 Å². The number of aryl methyl sites for hydroxylation is 1. The smallest absolute Gasteiger partial charge is 0.254 e. The average molecular weight is 279 g/mol. The summed E-state index contributed by atoms with van der Waals surface area (Å²) in [5, 5.41) is 0. The molecule has 1 fully saturated rings. The highest BCUT2D eigenvalue weighted by molar-refractivity contribution is 7.85. The van der Waals surface area contributed by atoms with E-state index in [4.69, 9.17) is 0 Å².